The number of nitrogens with two attached hydrogens (primary N) is 1. The van der Waals surface area contributed by atoms with Crippen molar-refractivity contribution in [2.75, 3.05) is 36.1 Å². The first-order valence-corrected chi connectivity index (χ1v) is 8.80. The maximum Gasteiger partial charge on any atom is 0.0277 e. The van der Waals surface area contributed by atoms with Crippen LogP contribution in [0.4, 0.5) is 0 Å². The largest absolute Gasteiger partial charge is 0.327 e. The molecule has 16 heavy (non-hydrogen) atoms. The number of likely N-dealkylation sites (tertiary alicyclic amines) is 1. The molecule has 2 saturated heterocycles. The van der Waals surface area contributed by atoms with E-state index in [1.54, 1.807) is 0 Å². The van der Waals surface area contributed by atoms with Gasteiger partial charge >= 0.3 is 0 Å². The summed E-state index contributed by atoms with van der Waals surface area (Å²) in [6.45, 7) is 2.56. The van der Waals surface area contributed by atoms with E-state index >= 15 is 0 Å². The second-order valence-corrected chi connectivity index (χ2v) is 7.73. The zero-order chi connectivity index (χ0) is 11.0. The molecule has 2 heterocycles. The monoisotopic (exact) mass is 258 g/mol. The molecule has 2 atom stereocenters. The number of piperidine rings is 1. The van der Waals surface area contributed by atoms with Crippen molar-refractivity contribution in [1.29, 1.82) is 0 Å². The highest BCUT2D eigenvalue weighted by Gasteiger charge is 2.41. The van der Waals surface area contributed by atoms with Gasteiger partial charge in [0.05, 0.1) is 0 Å². The standard InChI is InChI=1S/C12H22N2S2/c13-12-9-1-2-10(12)6-14(5-9)11-7-15-3-4-16-8-11/h9-12H,1-8,13H2. The third kappa shape index (κ3) is 2.26. The second kappa shape index (κ2) is 5.09. The van der Waals surface area contributed by atoms with Gasteiger partial charge in [-0.15, -0.1) is 0 Å². The Morgan fingerprint density at radius 2 is 1.50 bits per heavy atom. The van der Waals surface area contributed by atoms with Gasteiger partial charge < -0.3 is 5.73 Å². The Morgan fingerprint density at radius 1 is 0.938 bits per heavy atom. The van der Waals surface area contributed by atoms with Crippen molar-refractivity contribution < 1.29 is 0 Å². The summed E-state index contributed by atoms with van der Waals surface area (Å²) >= 11 is 4.29. The number of rotatable bonds is 1. The van der Waals surface area contributed by atoms with Gasteiger partial charge in [-0.25, -0.2) is 0 Å². The fourth-order valence-electron chi connectivity index (χ4n) is 3.41. The molecule has 92 valence electrons. The van der Waals surface area contributed by atoms with Crippen molar-refractivity contribution >= 4 is 23.5 Å². The second-order valence-electron chi connectivity index (χ2n) is 5.43. The van der Waals surface area contributed by atoms with Crippen LogP contribution in [-0.2, 0) is 0 Å². The van der Waals surface area contributed by atoms with Crippen LogP contribution in [0.3, 0.4) is 0 Å². The predicted octanol–water partition coefficient (Wildman–Crippen LogP) is 1.50. The van der Waals surface area contributed by atoms with Crippen molar-refractivity contribution in [1.82, 2.24) is 4.90 Å². The predicted molar refractivity (Wildman–Crippen MR) is 74.2 cm³/mol. The first-order chi connectivity index (χ1) is 7.84. The van der Waals surface area contributed by atoms with Crippen LogP contribution in [0.15, 0.2) is 0 Å². The molecule has 0 radical (unpaired) electrons. The van der Waals surface area contributed by atoms with Crippen molar-refractivity contribution in [3.8, 4) is 0 Å². The molecule has 0 spiro atoms. The van der Waals surface area contributed by atoms with Crippen LogP contribution in [0.2, 0.25) is 0 Å². The molecule has 2 nitrogen and oxygen atoms in total. The highest BCUT2D eigenvalue weighted by molar-refractivity contribution is 8.03. The smallest absolute Gasteiger partial charge is 0.0277 e. The molecule has 2 unspecified atom stereocenters. The molecule has 3 aliphatic rings. The topological polar surface area (TPSA) is 29.3 Å². The fourth-order valence-corrected chi connectivity index (χ4v) is 6.04. The molecule has 3 fully saturated rings. The van der Waals surface area contributed by atoms with Crippen LogP contribution in [0, 0.1) is 11.8 Å². The van der Waals surface area contributed by atoms with Gasteiger partial charge in [0.25, 0.3) is 0 Å². The lowest BCUT2D eigenvalue weighted by Gasteiger charge is -2.40. The first-order valence-electron chi connectivity index (χ1n) is 6.49. The van der Waals surface area contributed by atoms with E-state index in [1.165, 1.54) is 48.9 Å². The van der Waals surface area contributed by atoms with Crippen molar-refractivity contribution in [2.24, 2.45) is 17.6 Å². The zero-order valence-corrected chi connectivity index (χ0v) is 11.4. The fraction of sp³-hybridized carbons (Fsp3) is 1.00. The lowest BCUT2D eigenvalue weighted by molar-refractivity contribution is 0.120. The summed E-state index contributed by atoms with van der Waals surface area (Å²) in [4.78, 5) is 2.76. The number of hydrogen-bond donors (Lipinski definition) is 1. The Hall–Kier alpha value is 0.620. The minimum atomic E-state index is 0.516. The molecule has 1 aliphatic carbocycles. The van der Waals surface area contributed by atoms with Crippen LogP contribution < -0.4 is 5.73 Å². The van der Waals surface area contributed by atoms with E-state index in [2.05, 4.69) is 28.4 Å². The molecule has 1 saturated carbocycles. The van der Waals surface area contributed by atoms with E-state index in [9.17, 15) is 0 Å². The maximum atomic E-state index is 6.27. The highest BCUT2D eigenvalue weighted by Crippen LogP contribution is 2.37. The minimum Gasteiger partial charge on any atom is -0.327 e. The molecule has 3 rings (SSSR count). The van der Waals surface area contributed by atoms with E-state index < -0.39 is 0 Å². The molecule has 0 aromatic carbocycles. The van der Waals surface area contributed by atoms with Crippen molar-refractivity contribution in [3.63, 3.8) is 0 Å². The number of hydrogen-bond acceptors (Lipinski definition) is 4. The van der Waals surface area contributed by atoms with E-state index in [1.807, 2.05) is 0 Å². The maximum absolute atomic E-state index is 6.27. The summed E-state index contributed by atoms with van der Waals surface area (Å²) in [5, 5.41) is 0. The first kappa shape index (κ1) is 11.7. The molecule has 2 bridgehead atoms. The van der Waals surface area contributed by atoms with E-state index in [-0.39, 0.29) is 0 Å². The summed E-state index contributed by atoms with van der Waals surface area (Å²) in [5.41, 5.74) is 6.27. The number of nitrogens with zero attached hydrogens (tertiary/aromatic N) is 1. The Balaban J connectivity index is 1.63. The number of fused-ring (bicyclic) bond motifs is 2. The van der Waals surface area contributed by atoms with Crippen molar-refractivity contribution in [3.05, 3.63) is 0 Å². The van der Waals surface area contributed by atoms with Gasteiger partial charge in [0.15, 0.2) is 0 Å². The molecule has 0 amide bonds. The van der Waals surface area contributed by atoms with Crippen molar-refractivity contribution in [2.45, 2.75) is 24.9 Å². The van der Waals surface area contributed by atoms with Crippen LogP contribution in [0.5, 0.6) is 0 Å². The SMILES string of the molecule is NC1C2CCC1CN(C1CSCCSC1)C2. The van der Waals surface area contributed by atoms with E-state index in [4.69, 9.17) is 5.73 Å². The van der Waals surface area contributed by atoms with Crippen LogP contribution in [0.25, 0.3) is 0 Å². The molecule has 4 heteroatoms. The van der Waals surface area contributed by atoms with Gasteiger partial charge in [-0.1, -0.05) is 0 Å². The molecule has 0 aromatic rings. The molecular formula is C12H22N2S2. The van der Waals surface area contributed by atoms with Gasteiger partial charge in [-0.05, 0) is 24.7 Å². The average molecular weight is 258 g/mol. The lowest BCUT2D eigenvalue weighted by Crippen LogP contribution is -2.53. The molecule has 2 aliphatic heterocycles. The summed E-state index contributed by atoms with van der Waals surface area (Å²) < 4.78 is 0. The molecule has 2 N–H and O–H groups in total. The van der Waals surface area contributed by atoms with Gasteiger partial charge in [0.1, 0.15) is 0 Å². The van der Waals surface area contributed by atoms with Crippen LogP contribution in [-0.4, -0.2) is 53.1 Å². The van der Waals surface area contributed by atoms with Gasteiger partial charge in [-0.2, -0.15) is 23.5 Å². The zero-order valence-electron chi connectivity index (χ0n) is 9.81. The third-order valence-electron chi connectivity index (χ3n) is 4.44. The van der Waals surface area contributed by atoms with Gasteiger partial charge in [0.2, 0.25) is 0 Å². The molecule has 0 aromatic heterocycles. The van der Waals surface area contributed by atoms with Crippen LogP contribution in [0.1, 0.15) is 12.8 Å². The normalized spacial score (nSPS) is 42.2. The Bertz CT molecular complexity index is 227. The minimum absolute atomic E-state index is 0.516. The van der Waals surface area contributed by atoms with E-state index in [0.717, 1.165) is 17.9 Å². The summed E-state index contributed by atoms with van der Waals surface area (Å²) in [5.74, 6) is 7.00. The molecular weight excluding hydrogens is 236 g/mol. The summed E-state index contributed by atoms with van der Waals surface area (Å²) in [7, 11) is 0. The van der Waals surface area contributed by atoms with Gasteiger partial charge in [-0.3, -0.25) is 4.90 Å². The third-order valence-corrected chi connectivity index (χ3v) is 6.93. The Labute approximate surface area is 107 Å². The summed E-state index contributed by atoms with van der Waals surface area (Å²) in [6, 6.07) is 1.34. The quantitative estimate of drug-likeness (QED) is 0.772. The Morgan fingerprint density at radius 3 is 2.06 bits per heavy atom. The van der Waals surface area contributed by atoms with Gasteiger partial charge in [0, 0.05) is 48.2 Å². The summed E-state index contributed by atoms with van der Waals surface area (Å²) in [6.07, 6.45) is 2.77. The lowest BCUT2D eigenvalue weighted by atomic mass is 9.92. The van der Waals surface area contributed by atoms with Crippen LogP contribution >= 0.6 is 23.5 Å². The highest BCUT2D eigenvalue weighted by atomic mass is 32.2. The number of thioether (sulfide) groups is 2. The Kier molecular flexibility index (Phi) is 3.72. The van der Waals surface area contributed by atoms with E-state index in [0.29, 0.717) is 6.04 Å². The average Bonchev–Trinajstić information content (AvgIpc) is 2.60.